The van der Waals surface area contributed by atoms with Gasteiger partial charge in [0, 0.05) is 18.9 Å². The van der Waals surface area contributed by atoms with E-state index >= 15 is 0 Å². The lowest BCUT2D eigenvalue weighted by Gasteiger charge is -2.13. The number of para-hydroxylation sites is 1. The first-order chi connectivity index (χ1) is 15.4. The van der Waals surface area contributed by atoms with Crippen LogP contribution < -0.4 is 14.8 Å². The summed E-state index contributed by atoms with van der Waals surface area (Å²) in [6.45, 7) is 4.02. The molecule has 0 fully saturated rings. The van der Waals surface area contributed by atoms with Crippen LogP contribution in [0.15, 0.2) is 54.7 Å². The Hall–Kier alpha value is -3.58. The van der Waals surface area contributed by atoms with Crippen molar-refractivity contribution >= 4 is 35.1 Å². The molecule has 3 aromatic rings. The van der Waals surface area contributed by atoms with Crippen LogP contribution in [0.4, 0.5) is 5.69 Å². The highest BCUT2D eigenvalue weighted by atomic mass is 35.5. The molecule has 32 heavy (non-hydrogen) atoms. The summed E-state index contributed by atoms with van der Waals surface area (Å²) in [5.41, 5.74) is 2.62. The van der Waals surface area contributed by atoms with Crippen LogP contribution in [0.3, 0.4) is 0 Å². The molecule has 0 aliphatic heterocycles. The molecule has 3 rings (SSSR count). The summed E-state index contributed by atoms with van der Waals surface area (Å²) >= 11 is 6.02. The van der Waals surface area contributed by atoms with Crippen LogP contribution in [0.5, 0.6) is 11.5 Å². The topological polar surface area (TPSA) is 82.4 Å². The molecule has 0 saturated carbocycles. The number of carbonyl (C=O) groups is 2. The molecule has 8 heteroatoms. The molecule has 0 unspecified atom stereocenters. The molecular weight excluding hydrogens is 430 g/mol. The van der Waals surface area contributed by atoms with E-state index in [0.717, 1.165) is 16.8 Å². The number of carbonyl (C=O) groups excluding carboxylic acids is 2. The number of aryl methyl sites for hydroxylation is 2. The number of nitrogens with one attached hydrogen (secondary N) is 1. The van der Waals surface area contributed by atoms with E-state index < -0.39 is 0 Å². The van der Waals surface area contributed by atoms with Crippen LogP contribution in [-0.2, 0) is 11.8 Å². The van der Waals surface area contributed by atoms with Crippen LogP contribution in [0.1, 0.15) is 28.5 Å². The van der Waals surface area contributed by atoms with Crippen molar-refractivity contribution in [3.8, 4) is 11.5 Å². The largest absolute Gasteiger partial charge is 0.490 e. The van der Waals surface area contributed by atoms with Gasteiger partial charge in [0.05, 0.1) is 11.6 Å². The Morgan fingerprint density at radius 3 is 2.62 bits per heavy atom. The molecule has 1 N–H and O–H groups in total. The predicted octanol–water partition coefficient (Wildman–Crippen LogP) is 4.69. The minimum atomic E-state index is -0.304. The zero-order chi connectivity index (χ0) is 23.1. The Morgan fingerprint density at radius 2 is 1.94 bits per heavy atom. The molecule has 1 heterocycles. The molecule has 2 aromatic carbocycles. The van der Waals surface area contributed by atoms with Crippen LogP contribution in [-0.4, -0.2) is 34.7 Å². The highest BCUT2D eigenvalue weighted by molar-refractivity contribution is 6.34. The molecule has 0 spiro atoms. The molecular formula is C24H24ClN3O4. The van der Waals surface area contributed by atoms with Crippen molar-refractivity contribution in [3.63, 3.8) is 0 Å². The highest BCUT2D eigenvalue weighted by Gasteiger charge is 2.13. The number of allylic oxidation sites excluding steroid dienone is 1. The van der Waals surface area contributed by atoms with Gasteiger partial charge in [-0.25, -0.2) is 0 Å². The number of halogens is 1. The SMILES string of the molecule is CCOc1cc(/C=C/C(=O)c2nn(C)cc2Cl)ccc1OCC(=O)Nc1ccccc1C. The Balaban J connectivity index is 1.67. The van der Waals surface area contributed by atoms with Crippen LogP contribution in [0.25, 0.3) is 6.08 Å². The number of ether oxygens (including phenoxy) is 2. The fraction of sp³-hybridized carbons (Fsp3) is 0.208. The molecule has 1 aromatic heterocycles. The van der Waals surface area contributed by atoms with E-state index in [1.807, 2.05) is 38.1 Å². The van der Waals surface area contributed by atoms with Gasteiger partial charge in [0.1, 0.15) is 0 Å². The third-order valence-electron chi connectivity index (χ3n) is 4.49. The van der Waals surface area contributed by atoms with Crippen molar-refractivity contribution in [2.45, 2.75) is 13.8 Å². The number of rotatable bonds is 9. The zero-order valence-corrected chi connectivity index (χ0v) is 18.8. The lowest BCUT2D eigenvalue weighted by atomic mass is 10.1. The van der Waals surface area contributed by atoms with Gasteiger partial charge in [-0.05, 0) is 49.2 Å². The van der Waals surface area contributed by atoms with E-state index in [1.165, 1.54) is 10.8 Å². The lowest BCUT2D eigenvalue weighted by molar-refractivity contribution is -0.118. The van der Waals surface area contributed by atoms with Gasteiger partial charge in [-0.1, -0.05) is 41.9 Å². The standard InChI is InChI=1S/C24H24ClN3O4/c1-4-31-22-13-17(9-11-20(29)24-18(25)14-28(3)27-24)10-12-21(22)32-15-23(30)26-19-8-6-5-7-16(19)2/h5-14H,4,15H2,1-3H3,(H,26,30)/b11-9+. The third kappa shape index (κ3) is 5.98. The number of amides is 1. The van der Waals surface area contributed by atoms with E-state index in [-0.39, 0.29) is 24.0 Å². The van der Waals surface area contributed by atoms with Gasteiger partial charge in [-0.2, -0.15) is 5.10 Å². The molecule has 0 bridgehead atoms. The Morgan fingerprint density at radius 1 is 1.16 bits per heavy atom. The monoisotopic (exact) mass is 453 g/mol. The minimum absolute atomic E-state index is 0.166. The van der Waals surface area contributed by atoms with Crippen molar-refractivity contribution in [2.24, 2.45) is 7.05 Å². The van der Waals surface area contributed by atoms with Gasteiger partial charge in [-0.3, -0.25) is 14.3 Å². The van der Waals surface area contributed by atoms with E-state index in [9.17, 15) is 9.59 Å². The minimum Gasteiger partial charge on any atom is -0.490 e. The molecule has 0 saturated heterocycles. The normalized spacial score (nSPS) is 10.9. The molecule has 166 valence electrons. The summed E-state index contributed by atoms with van der Waals surface area (Å²) in [6.07, 6.45) is 4.61. The second kappa shape index (κ2) is 10.6. The summed E-state index contributed by atoms with van der Waals surface area (Å²) in [6, 6.07) is 12.7. The maximum absolute atomic E-state index is 12.3. The molecule has 0 atom stereocenters. The second-order valence-corrected chi connectivity index (χ2v) is 7.40. The second-order valence-electron chi connectivity index (χ2n) is 6.99. The van der Waals surface area contributed by atoms with E-state index in [2.05, 4.69) is 10.4 Å². The maximum Gasteiger partial charge on any atom is 0.262 e. The van der Waals surface area contributed by atoms with Gasteiger partial charge in [0.25, 0.3) is 5.91 Å². The molecule has 0 radical (unpaired) electrons. The van der Waals surface area contributed by atoms with Crippen molar-refractivity contribution in [1.29, 1.82) is 0 Å². The summed E-state index contributed by atoms with van der Waals surface area (Å²) in [5, 5.41) is 7.18. The van der Waals surface area contributed by atoms with Gasteiger partial charge in [0.2, 0.25) is 5.78 Å². The summed E-state index contributed by atoms with van der Waals surface area (Å²) in [5.74, 6) is 0.329. The Kier molecular flexibility index (Phi) is 7.68. The number of nitrogens with zero attached hydrogens (tertiary/aromatic N) is 2. The van der Waals surface area contributed by atoms with Gasteiger partial charge >= 0.3 is 0 Å². The van der Waals surface area contributed by atoms with Crippen LogP contribution in [0.2, 0.25) is 5.02 Å². The van der Waals surface area contributed by atoms with Crippen molar-refractivity contribution < 1.29 is 19.1 Å². The van der Waals surface area contributed by atoms with E-state index in [4.69, 9.17) is 21.1 Å². The van der Waals surface area contributed by atoms with Crippen LogP contribution >= 0.6 is 11.6 Å². The maximum atomic E-state index is 12.3. The van der Waals surface area contributed by atoms with Gasteiger partial charge < -0.3 is 14.8 Å². The summed E-state index contributed by atoms with van der Waals surface area (Å²) in [4.78, 5) is 24.6. The van der Waals surface area contributed by atoms with E-state index in [1.54, 1.807) is 37.5 Å². The number of hydrogen-bond acceptors (Lipinski definition) is 5. The lowest BCUT2D eigenvalue weighted by Crippen LogP contribution is -2.20. The number of hydrogen-bond donors (Lipinski definition) is 1. The average molecular weight is 454 g/mol. The fourth-order valence-electron chi connectivity index (χ4n) is 2.94. The quantitative estimate of drug-likeness (QED) is 0.375. The first-order valence-electron chi connectivity index (χ1n) is 10.0. The van der Waals surface area contributed by atoms with Crippen molar-refractivity contribution in [1.82, 2.24) is 9.78 Å². The average Bonchev–Trinajstić information content (AvgIpc) is 3.11. The van der Waals surface area contributed by atoms with Crippen molar-refractivity contribution in [2.75, 3.05) is 18.5 Å². The third-order valence-corrected chi connectivity index (χ3v) is 4.77. The number of benzene rings is 2. The van der Waals surface area contributed by atoms with Crippen LogP contribution in [0, 0.1) is 6.92 Å². The van der Waals surface area contributed by atoms with E-state index in [0.29, 0.717) is 23.1 Å². The Bertz CT molecular complexity index is 1150. The Labute approximate surface area is 191 Å². The molecule has 7 nitrogen and oxygen atoms in total. The summed E-state index contributed by atoms with van der Waals surface area (Å²) in [7, 11) is 1.70. The first kappa shape index (κ1) is 23.1. The fourth-order valence-corrected chi connectivity index (χ4v) is 3.21. The number of aromatic nitrogens is 2. The first-order valence-corrected chi connectivity index (χ1v) is 10.4. The molecule has 0 aliphatic carbocycles. The highest BCUT2D eigenvalue weighted by Crippen LogP contribution is 2.29. The number of anilines is 1. The van der Waals surface area contributed by atoms with Gasteiger partial charge in [0.15, 0.2) is 23.8 Å². The van der Waals surface area contributed by atoms with Gasteiger partial charge in [-0.15, -0.1) is 0 Å². The number of ketones is 1. The molecule has 1 amide bonds. The smallest absolute Gasteiger partial charge is 0.262 e. The van der Waals surface area contributed by atoms with Crippen molar-refractivity contribution in [3.05, 3.63) is 76.6 Å². The predicted molar refractivity (Wildman–Crippen MR) is 124 cm³/mol. The molecule has 0 aliphatic rings. The zero-order valence-electron chi connectivity index (χ0n) is 18.1. The summed E-state index contributed by atoms with van der Waals surface area (Å²) < 4.78 is 12.8.